The summed E-state index contributed by atoms with van der Waals surface area (Å²) in [4.78, 5) is 20.9. The number of nitrogens with zero attached hydrogens (tertiary/aromatic N) is 8. The van der Waals surface area contributed by atoms with Gasteiger partial charge in [0.05, 0.1) is 55.8 Å². The van der Waals surface area contributed by atoms with Gasteiger partial charge in [0.25, 0.3) is 0 Å². The number of alkyl halides is 1. The van der Waals surface area contributed by atoms with E-state index in [4.69, 9.17) is 87.1 Å². The van der Waals surface area contributed by atoms with Gasteiger partial charge in [-0.1, -0.05) is 126 Å². The maximum absolute atomic E-state index is 10.4. The van der Waals surface area contributed by atoms with Crippen molar-refractivity contribution in [3.8, 4) is 215 Å². The van der Waals surface area contributed by atoms with Crippen molar-refractivity contribution in [2.24, 2.45) is 0 Å². The van der Waals surface area contributed by atoms with Crippen molar-refractivity contribution in [2.45, 2.75) is 287 Å². The SMILES string of the molecule is C#CC#CC#CC#CC#CC.C#CC#CC#CC#CC#CC#CC.CC#CC#CC#CC#CC#CC.CC1(C)OB(B2OC(C)(C)C(C)(C)O2)OC1(C)C.CC1(C)OB(c2cc(C#N)n(COCC[Si](C)(C)C)c2)OC1(C)C.C[Si](C)(C)CCOCCl.C[Si](C)(C)CCOCn1cc(Br)cc1C#N.C[Si](C)(C)CCOCn1cccc1C#N.N#CC1=CC=CC1.O=C1CCC(=O)N1Br.[H-].[Na+]. The minimum Gasteiger partial charge on any atom is -1.00 e. The first-order valence-electron chi connectivity index (χ1n) is 42.4. The number of carbonyl (C=O) groups excluding carboxylic acids is 2. The van der Waals surface area contributed by atoms with Crippen LogP contribution < -0.4 is 35.0 Å². The number of ether oxygens (including phenoxy) is 4. The summed E-state index contributed by atoms with van der Waals surface area (Å²) in [6.45, 7) is 63.5. The van der Waals surface area contributed by atoms with Crippen molar-refractivity contribution in [2.75, 3.05) is 32.5 Å². The van der Waals surface area contributed by atoms with Gasteiger partial charge in [-0.3, -0.25) is 9.59 Å². The van der Waals surface area contributed by atoms with E-state index in [-0.39, 0.29) is 76.4 Å². The Balaban J connectivity index is -0.000000718. The fourth-order valence-corrected chi connectivity index (χ4v) is 13.1. The van der Waals surface area contributed by atoms with Crippen molar-refractivity contribution in [1.29, 1.82) is 21.0 Å². The van der Waals surface area contributed by atoms with Gasteiger partial charge in [0.1, 0.15) is 61.5 Å². The molecule has 0 saturated carbocycles. The second kappa shape index (κ2) is 68.3. The zero-order chi connectivity index (χ0) is 101. The van der Waals surface area contributed by atoms with Gasteiger partial charge in [-0.15, -0.1) is 12.8 Å². The van der Waals surface area contributed by atoms with Crippen LogP contribution >= 0.6 is 43.7 Å². The quantitative estimate of drug-likeness (QED) is 0.0240. The van der Waals surface area contributed by atoms with E-state index in [2.05, 4.69) is 313 Å². The molecule has 4 aliphatic heterocycles. The summed E-state index contributed by atoms with van der Waals surface area (Å²) in [6, 6.07) is 20.8. The summed E-state index contributed by atoms with van der Waals surface area (Å²) in [5.74, 6) is 74.2. The minimum absolute atomic E-state index is 0. The van der Waals surface area contributed by atoms with Crippen LogP contribution in [0.4, 0.5) is 0 Å². The van der Waals surface area contributed by atoms with Gasteiger partial charge in [-0.2, -0.15) is 21.0 Å². The summed E-state index contributed by atoms with van der Waals surface area (Å²) in [5.41, 5.74) is 1.35. The number of hydrogen-bond donors (Lipinski definition) is 0. The molecule has 31 heteroatoms. The number of carbonyl (C=O) groups is 2. The smallest absolute Gasteiger partial charge is 1.00 e. The fraction of sp³-hybridized carbons (Fsp3) is 0.476. The van der Waals surface area contributed by atoms with Crippen LogP contribution in [0.25, 0.3) is 0 Å². The molecule has 3 aromatic rings. The molecule has 4 saturated heterocycles. The summed E-state index contributed by atoms with van der Waals surface area (Å²) in [7, 11) is -5.41. The molecule has 5 aliphatic rings. The number of allylic oxidation sites excluding steroid dienone is 4. The fourth-order valence-electron chi connectivity index (χ4n) is 9.16. The van der Waals surface area contributed by atoms with Crippen molar-refractivity contribution in [3.63, 3.8) is 0 Å². The second-order valence-electron chi connectivity index (χ2n) is 36.3. The first-order chi connectivity index (χ1) is 62.2. The monoisotopic (exact) mass is 2030 g/mol. The Kier molecular flexibility index (Phi) is 65.5. The van der Waals surface area contributed by atoms with E-state index >= 15 is 0 Å². The number of rotatable bonds is 21. The van der Waals surface area contributed by atoms with Crippen LogP contribution in [0.2, 0.25) is 103 Å². The van der Waals surface area contributed by atoms with E-state index < -0.39 is 53.4 Å². The Hall–Kier alpha value is -9.71. The molecule has 3 aromatic heterocycles. The first-order valence-corrected chi connectivity index (χ1v) is 59.3. The molecule has 134 heavy (non-hydrogen) atoms. The van der Waals surface area contributed by atoms with Gasteiger partial charge >= 0.3 is 50.7 Å². The van der Waals surface area contributed by atoms with Gasteiger partial charge in [0.15, 0.2) is 0 Å². The van der Waals surface area contributed by atoms with Crippen LogP contribution in [0.15, 0.2) is 71.1 Å². The third kappa shape index (κ3) is 59.2. The molecule has 0 spiro atoms. The summed E-state index contributed by atoms with van der Waals surface area (Å²) >= 11 is 11.5. The van der Waals surface area contributed by atoms with E-state index in [9.17, 15) is 14.9 Å². The maximum atomic E-state index is 10.4. The van der Waals surface area contributed by atoms with Gasteiger partial charge in [0.2, 0.25) is 11.8 Å². The number of nitriles is 4. The third-order valence-corrected chi connectivity index (χ3v) is 27.1. The molecule has 0 unspecified atom stereocenters. The maximum Gasteiger partial charge on any atom is 1.00 e. The van der Waals surface area contributed by atoms with Crippen molar-refractivity contribution in [1.82, 2.24) is 17.6 Å². The Morgan fingerprint density at radius 1 is 0.440 bits per heavy atom. The largest absolute Gasteiger partial charge is 1.00 e. The number of aromatic nitrogens is 3. The normalized spacial score (nSPS) is 14.3. The number of amides is 2. The molecule has 0 radical (unpaired) electrons. The van der Waals surface area contributed by atoms with Gasteiger partial charge in [-0.05, 0) is 335 Å². The molecule has 4 fully saturated rings. The van der Waals surface area contributed by atoms with E-state index in [0.29, 0.717) is 56.2 Å². The number of halogens is 3. The molecule has 2 amide bonds. The molecule has 0 bridgehead atoms. The van der Waals surface area contributed by atoms with Crippen LogP contribution in [-0.4, -0.2) is 149 Å². The van der Waals surface area contributed by atoms with Crippen LogP contribution in [0.5, 0.6) is 0 Å². The summed E-state index contributed by atoms with van der Waals surface area (Å²) < 4.78 is 65.2. The Bertz CT molecular complexity index is 5530. The molecule has 20 nitrogen and oxygen atoms in total. The molecule has 0 N–H and O–H groups in total. The molecule has 8 rings (SSSR count). The predicted octanol–water partition coefficient (Wildman–Crippen LogP) is 15.2. The van der Waals surface area contributed by atoms with Crippen molar-refractivity contribution < 1.29 is 87.4 Å². The number of terminal acetylenes is 2. The second-order valence-corrected chi connectivity index (χ2v) is 60.7. The zero-order valence-corrected chi connectivity index (χ0v) is 93.8. The average Bonchev–Trinajstić information content (AvgIpc) is 1.60. The Morgan fingerprint density at radius 3 is 1.01 bits per heavy atom. The topological polar surface area (TPSA) is 240 Å². The molecule has 7 heterocycles. The van der Waals surface area contributed by atoms with E-state index in [0.717, 1.165) is 70.4 Å². The zero-order valence-electron chi connectivity index (χ0n) is 84.9. The first kappa shape index (κ1) is 128. The van der Waals surface area contributed by atoms with Gasteiger partial charge in [0, 0.05) is 112 Å². The number of hydrogen-bond acceptors (Lipinski definition) is 16. The van der Waals surface area contributed by atoms with Gasteiger partial charge in [-0.25, -0.2) is 3.93 Å². The third-order valence-electron chi connectivity index (χ3n) is 18.9. The Labute approximate surface area is 855 Å². The van der Waals surface area contributed by atoms with Crippen LogP contribution in [0.1, 0.15) is 149 Å². The van der Waals surface area contributed by atoms with Crippen molar-refractivity contribution in [3.05, 3.63) is 88.2 Å². The Morgan fingerprint density at radius 2 is 0.739 bits per heavy atom. The summed E-state index contributed by atoms with van der Waals surface area (Å²) in [5, 5.41) is 35.2. The molecular formula is C103H127B3Br2ClN8NaO12Si4. The van der Waals surface area contributed by atoms with E-state index in [1.807, 2.05) is 146 Å². The summed E-state index contributed by atoms with van der Waals surface area (Å²) in [6.07, 6.45) is 22.6. The van der Waals surface area contributed by atoms with Crippen LogP contribution in [0.3, 0.4) is 0 Å². The molecule has 1 aliphatic carbocycles. The van der Waals surface area contributed by atoms with Gasteiger partial charge < -0.3 is 62.0 Å². The molecular weight excluding hydrogens is 1900 g/mol. The average molecular weight is 2030 g/mol. The van der Waals surface area contributed by atoms with Crippen LogP contribution in [0, 0.1) is 236 Å². The molecule has 0 aromatic carbocycles. The standard InChI is InChI=1S/C17H29BN2O3Si.C13H4.C12H24B2O4.C12H6.C11H17BrN2OSi.C11H18N2OSi.C11H4.C6H15ClOSi.C6H5N.C4H4BrNO2.Na.H/c1-16(2)17(3,4)23-18(22-16)14-10-15(11-19)20(12-14)13-21-8-9-24(5,6)7;1-3-5-7-9-11-13-12-10-8-6-4-2;1-9(2)10(3,4)16-13(15-9)14-17-11(5,6)12(7,8)18-14;1-3-5-7-9-11-12-10-8-6-4-2;1-16(2,3)5-4-15-9-14-8-10(12)6-11(14)7-13;1-15(2,3)8-7-14-10-13-6-4-5-11(13)9-12;1-3-5-7-9-11-10-8-6-4-2;1-9(2,3)5-4-8-6-7;7-5-6-3-1-2-4-6;5-6-3(7)1-2-4(6)8;;/h10,12H,8-9,13H2,1-7H3;1H,2H3;1-8H3;1-2H3;6,8H,4-5,9H2,1-3H3;4-6H,7-8,10H2,1-3H3;1H,2H3;4-6H2,1-3H3;1-3H,4H2;1-2H2;;/q;;;;;;;;;;+1;-1. The predicted molar refractivity (Wildman–Crippen MR) is 558 cm³/mol. The molecule has 698 valence electrons. The van der Waals surface area contributed by atoms with Crippen LogP contribution in [-0.2, 0) is 76.7 Å². The van der Waals surface area contributed by atoms with E-state index in [1.54, 1.807) is 39.8 Å². The van der Waals surface area contributed by atoms with E-state index in [1.165, 1.54) is 6.04 Å². The number of imide groups is 1. The molecule has 0 atom stereocenters. The van der Waals surface area contributed by atoms with Crippen molar-refractivity contribution >= 4 is 114 Å². The minimum atomic E-state index is -1.10.